The maximum Gasteiger partial charge on any atom is 0 e. The molecular formula is CeCoMnNiZr. The molecule has 0 nitrogen and oxygen atoms in total. The summed E-state index contributed by atoms with van der Waals surface area (Å²) < 4.78 is 0. The van der Waals surface area contributed by atoms with Crippen LogP contribution in [0.25, 0.3) is 0 Å². The van der Waals surface area contributed by atoms with Gasteiger partial charge >= 0.3 is 0 Å². The summed E-state index contributed by atoms with van der Waals surface area (Å²) in [6.07, 6.45) is 0. The topological polar surface area (TPSA) is 0 Å². The molecule has 0 unspecified atom stereocenters. The van der Waals surface area contributed by atoms with E-state index in [2.05, 4.69) is 0 Å². The second-order valence-corrected chi connectivity index (χ2v) is 0. The van der Waals surface area contributed by atoms with Gasteiger partial charge in [-0.1, -0.05) is 0 Å². The number of rotatable bonds is 0. The molecule has 0 heterocycles. The minimum Gasteiger partial charge on any atom is 0 e. The largest absolute Gasteiger partial charge is 0 e. The number of hydrogen-bond donors (Lipinski definition) is 0. The Labute approximate surface area is 115 Å². The molecule has 0 atom stereocenters. The number of hydrogen-bond acceptors (Lipinski definition) is 0. The second kappa shape index (κ2) is 25.0. The molecule has 0 saturated carbocycles. The summed E-state index contributed by atoms with van der Waals surface area (Å²) in [6, 6.07) is 0. The average molecular weight is 404 g/mol. The second-order valence-electron chi connectivity index (χ2n) is 0. The third-order valence-electron chi connectivity index (χ3n) is 0. The molecule has 0 aliphatic carbocycles. The first-order valence-corrected chi connectivity index (χ1v) is 0. The van der Waals surface area contributed by atoms with E-state index >= 15 is 0 Å². The van der Waals surface area contributed by atoms with Gasteiger partial charge in [-0.3, -0.25) is 0 Å². The van der Waals surface area contributed by atoms with Gasteiger partial charge in [-0.15, -0.1) is 0 Å². The van der Waals surface area contributed by atoms with Crippen LogP contribution in [-0.2, 0) is 76.5 Å². The van der Waals surface area contributed by atoms with Crippen molar-refractivity contribution in [2.75, 3.05) is 0 Å². The van der Waals surface area contributed by atoms with Gasteiger partial charge in [-0.25, -0.2) is 0 Å². The van der Waals surface area contributed by atoms with E-state index in [1.807, 2.05) is 0 Å². The van der Waals surface area contributed by atoms with Gasteiger partial charge in [0.2, 0.25) is 0 Å². The van der Waals surface area contributed by atoms with Crippen molar-refractivity contribution in [3.8, 4) is 0 Å². The Morgan fingerprint density at radius 2 is 1.00 bits per heavy atom. The fourth-order valence-electron chi connectivity index (χ4n) is 0. The van der Waals surface area contributed by atoms with Gasteiger partial charge in [0.05, 0.1) is 0 Å². The third kappa shape index (κ3) is 18.2. The SMILES string of the molecule is [Ce].[Co].[Mn].[Ni].[Zr]. The van der Waals surface area contributed by atoms with E-state index in [0.29, 0.717) is 0 Å². The molecule has 0 aliphatic rings. The molecule has 5 heteroatoms. The predicted octanol–water partition coefficient (Wildman–Crippen LogP) is -0.0100. The van der Waals surface area contributed by atoms with Crippen LogP contribution in [0.4, 0.5) is 0 Å². The van der Waals surface area contributed by atoms with Gasteiger partial charge in [-0.05, 0) is 0 Å². The van der Waals surface area contributed by atoms with Gasteiger partial charge in [0, 0.05) is 118 Å². The van der Waals surface area contributed by atoms with Crippen LogP contribution in [0, 0.1) is 41.7 Å². The Morgan fingerprint density at radius 1 is 1.00 bits per heavy atom. The molecule has 0 aliphatic heterocycles. The van der Waals surface area contributed by atoms with Gasteiger partial charge in [0.25, 0.3) is 0 Å². The van der Waals surface area contributed by atoms with Crippen molar-refractivity contribution in [2.45, 2.75) is 0 Å². The van der Waals surface area contributed by atoms with Crippen molar-refractivity contribution in [1.29, 1.82) is 0 Å². The molecule has 0 aromatic rings. The van der Waals surface area contributed by atoms with Crippen molar-refractivity contribution < 1.29 is 118 Å². The van der Waals surface area contributed by atoms with E-state index in [9.17, 15) is 0 Å². The maximum atomic E-state index is 0. The molecule has 5 heavy (non-hydrogen) atoms. The van der Waals surface area contributed by atoms with E-state index in [4.69, 9.17) is 0 Å². The van der Waals surface area contributed by atoms with E-state index in [1.54, 1.807) is 0 Å². The summed E-state index contributed by atoms with van der Waals surface area (Å²) in [6.45, 7) is 0. The van der Waals surface area contributed by atoms with Crippen LogP contribution >= 0.6 is 0 Å². The molecule has 2 radical (unpaired) electrons. The Balaban J connectivity index is 0. The molecule has 0 spiro atoms. The zero-order chi connectivity index (χ0) is 0. The average Bonchev–Trinajstić information content (AvgIpc) is 0. The molecule has 0 saturated heterocycles. The van der Waals surface area contributed by atoms with Crippen molar-refractivity contribution in [1.82, 2.24) is 0 Å². The van der Waals surface area contributed by atoms with Gasteiger partial charge < -0.3 is 0 Å². The van der Waals surface area contributed by atoms with Crippen molar-refractivity contribution in [3.05, 3.63) is 0 Å². The molecule has 0 rings (SSSR count). The van der Waals surface area contributed by atoms with E-state index in [-0.39, 0.29) is 118 Å². The Bertz CT molecular complexity index is 11.6. The molecular weight excluding hydrogens is 404 g/mol. The zero-order valence-electron chi connectivity index (χ0n) is 2.03. The van der Waals surface area contributed by atoms with Crippen LogP contribution in [0.3, 0.4) is 0 Å². The van der Waals surface area contributed by atoms with Crippen LogP contribution in [0.15, 0.2) is 0 Å². The van der Waals surface area contributed by atoms with E-state index in [0.717, 1.165) is 0 Å². The monoisotopic (exact) mass is 402 g/mol. The quantitative estimate of drug-likeness (QED) is 0.499. The Kier molecular flexibility index (Phi) is 186. The van der Waals surface area contributed by atoms with E-state index < -0.39 is 0 Å². The minimum absolute atomic E-state index is 0. The van der Waals surface area contributed by atoms with Crippen molar-refractivity contribution in [3.63, 3.8) is 0 Å². The fourth-order valence-corrected chi connectivity index (χ4v) is 0. The maximum absolute atomic E-state index is 0. The summed E-state index contributed by atoms with van der Waals surface area (Å²) in [5.74, 6) is 0. The third-order valence-corrected chi connectivity index (χ3v) is 0. The van der Waals surface area contributed by atoms with Gasteiger partial charge in [0.1, 0.15) is 0 Å². The fraction of sp³-hybridized carbons (Fsp3) is 0. The first kappa shape index (κ1) is 37.2. The summed E-state index contributed by atoms with van der Waals surface area (Å²) in [4.78, 5) is 0. The minimum atomic E-state index is 0. The van der Waals surface area contributed by atoms with Crippen LogP contribution in [0.5, 0.6) is 0 Å². The first-order valence-electron chi connectivity index (χ1n) is 0. The van der Waals surface area contributed by atoms with Crippen LogP contribution in [-0.4, -0.2) is 0 Å². The van der Waals surface area contributed by atoms with Crippen molar-refractivity contribution in [2.24, 2.45) is 0 Å². The molecule has 0 aromatic heterocycles. The normalized spacial score (nSPS) is 0. The Hall–Kier alpha value is 3.78. The molecule has 0 amide bonds. The van der Waals surface area contributed by atoms with Crippen LogP contribution in [0.1, 0.15) is 0 Å². The molecule has 0 fully saturated rings. The van der Waals surface area contributed by atoms with Gasteiger partial charge in [-0.2, -0.15) is 0 Å². The zero-order valence-corrected chi connectivity index (χ0v) is 10.8. The van der Waals surface area contributed by atoms with Crippen LogP contribution in [0.2, 0.25) is 0 Å². The van der Waals surface area contributed by atoms with Crippen LogP contribution < -0.4 is 0 Å². The van der Waals surface area contributed by atoms with E-state index in [1.165, 1.54) is 0 Å². The Morgan fingerprint density at radius 3 is 1.00 bits per heavy atom. The molecule has 0 N–H and O–H groups in total. The molecule has 0 bridgehead atoms. The van der Waals surface area contributed by atoms with Gasteiger partial charge in [0.15, 0.2) is 0 Å². The summed E-state index contributed by atoms with van der Waals surface area (Å²) in [5.41, 5.74) is 0. The molecule has 0 aromatic carbocycles. The summed E-state index contributed by atoms with van der Waals surface area (Å²) in [5, 5.41) is 0. The smallest absolute Gasteiger partial charge is 0 e. The summed E-state index contributed by atoms with van der Waals surface area (Å²) >= 11 is 0. The summed E-state index contributed by atoms with van der Waals surface area (Å²) in [7, 11) is 0. The standard InChI is InChI=1S/Ce.Co.Mn.Ni.Zr. The predicted molar refractivity (Wildman–Crippen MR) is 0 cm³/mol. The molecule has 34 valence electrons. The first-order chi connectivity index (χ1) is 0. The van der Waals surface area contributed by atoms with Crippen molar-refractivity contribution >= 4 is 0 Å².